The summed E-state index contributed by atoms with van der Waals surface area (Å²) >= 11 is 0. The van der Waals surface area contributed by atoms with Gasteiger partial charge in [0.2, 0.25) is 5.91 Å². The van der Waals surface area contributed by atoms with Crippen LogP contribution in [0.4, 0.5) is 0 Å². The minimum absolute atomic E-state index is 0.176. The Hall–Kier alpha value is -4.20. The highest BCUT2D eigenvalue weighted by Crippen LogP contribution is 2.24. The number of amides is 4. The van der Waals surface area contributed by atoms with E-state index in [0.717, 1.165) is 11.1 Å². The number of hydrogen-bond donors (Lipinski definition) is 2. The monoisotopic (exact) mass is 459 g/mol. The Kier molecular flexibility index (Phi) is 6.87. The molecule has 174 valence electrons. The first-order valence-corrected chi connectivity index (χ1v) is 11.1. The molecule has 8 nitrogen and oxygen atoms in total. The van der Waals surface area contributed by atoms with Gasteiger partial charge in [-0.3, -0.25) is 24.1 Å². The Labute approximate surface area is 196 Å². The number of carbonyl (C=O) groups is 4. The van der Waals surface area contributed by atoms with Crippen LogP contribution >= 0.6 is 0 Å². The maximum atomic E-state index is 12.5. The number of nitrogens with one attached hydrogen (secondary N) is 2. The van der Waals surface area contributed by atoms with Gasteiger partial charge in [-0.05, 0) is 55.3 Å². The minimum atomic E-state index is -0.317. The molecule has 3 aromatic rings. The van der Waals surface area contributed by atoms with Crippen molar-refractivity contribution < 1.29 is 23.6 Å². The van der Waals surface area contributed by atoms with E-state index in [1.165, 1.54) is 4.90 Å². The summed E-state index contributed by atoms with van der Waals surface area (Å²) in [6.07, 6.45) is 2.09. The van der Waals surface area contributed by atoms with E-state index in [-0.39, 0.29) is 43.1 Å². The molecule has 0 radical (unpaired) electrons. The van der Waals surface area contributed by atoms with Gasteiger partial charge in [0.25, 0.3) is 17.7 Å². The number of imide groups is 1. The van der Waals surface area contributed by atoms with Crippen molar-refractivity contribution in [2.75, 3.05) is 6.54 Å². The highest BCUT2D eigenvalue weighted by atomic mass is 16.3. The van der Waals surface area contributed by atoms with Crippen LogP contribution in [0.25, 0.3) is 0 Å². The zero-order valence-electron chi connectivity index (χ0n) is 18.8. The number of furan rings is 1. The molecule has 34 heavy (non-hydrogen) atoms. The fourth-order valence-corrected chi connectivity index (χ4v) is 3.80. The Morgan fingerprint density at radius 1 is 0.912 bits per heavy atom. The van der Waals surface area contributed by atoms with Gasteiger partial charge in [-0.25, -0.2) is 0 Å². The number of rotatable bonds is 9. The molecular weight excluding hydrogens is 434 g/mol. The van der Waals surface area contributed by atoms with Crippen molar-refractivity contribution in [3.05, 3.63) is 94.4 Å². The summed E-state index contributed by atoms with van der Waals surface area (Å²) in [4.78, 5) is 50.8. The van der Waals surface area contributed by atoms with Crippen LogP contribution in [0.1, 0.15) is 60.8 Å². The number of hydrogen-bond acceptors (Lipinski definition) is 5. The third kappa shape index (κ3) is 5.23. The predicted molar refractivity (Wildman–Crippen MR) is 124 cm³/mol. The molecule has 1 aliphatic heterocycles. The van der Waals surface area contributed by atoms with E-state index in [2.05, 4.69) is 10.6 Å². The quantitative estimate of drug-likeness (QED) is 0.478. The molecule has 4 rings (SSSR count). The summed E-state index contributed by atoms with van der Waals surface area (Å²) < 4.78 is 5.20. The van der Waals surface area contributed by atoms with Crippen LogP contribution in [0, 0.1) is 6.92 Å². The Morgan fingerprint density at radius 2 is 1.74 bits per heavy atom. The number of aryl methyl sites for hydroxylation is 1. The highest BCUT2D eigenvalue weighted by molar-refractivity contribution is 6.21. The topological polar surface area (TPSA) is 109 Å². The van der Waals surface area contributed by atoms with E-state index in [4.69, 9.17) is 4.42 Å². The van der Waals surface area contributed by atoms with Crippen LogP contribution in [0.5, 0.6) is 0 Å². The molecule has 0 aliphatic carbocycles. The molecule has 0 saturated carbocycles. The summed E-state index contributed by atoms with van der Waals surface area (Å²) in [5.74, 6) is -0.400. The highest BCUT2D eigenvalue weighted by Gasteiger charge is 2.34. The zero-order chi connectivity index (χ0) is 24.1. The molecular formula is C26H25N3O5. The minimum Gasteiger partial charge on any atom is -0.467 e. The van der Waals surface area contributed by atoms with Crippen LogP contribution in [0.15, 0.2) is 65.3 Å². The second-order valence-corrected chi connectivity index (χ2v) is 8.15. The van der Waals surface area contributed by atoms with Crippen LogP contribution in [-0.2, 0) is 17.9 Å². The standard InChI is InChI=1S/C26H25N3O5/c1-17-9-10-21-22(13-17)26(33)29(25(21)32)11-3-8-23(30)27-15-18-5-2-6-19(14-18)24(31)28-16-20-7-4-12-34-20/h2,4-7,9-10,12-14H,3,8,11,15-16H2,1H3,(H,27,30)(H,28,31). The van der Waals surface area contributed by atoms with Crippen molar-refractivity contribution in [3.63, 3.8) is 0 Å². The van der Waals surface area contributed by atoms with E-state index in [0.29, 0.717) is 35.4 Å². The van der Waals surface area contributed by atoms with Crippen molar-refractivity contribution in [2.24, 2.45) is 0 Å². The van der Waals surface area contributed by atoms with Crippen LogP contribution in [0.3, 0.4) is 0 Å². The zero-order valence-corrected chi connectivity index (χ0v) is 18.8. The van der Waals surface area contributed by atoms with Crippen molar-refractivity contribution in [1.29, 1.82) is 0 Å². The number of fused-ring (bicyclic) bond motifs is 1. The van der Waals surface area contributed by atoms with Crippen molar-refractivity contribution in [1.82, 2.24) is 15.5 Å². The van der Waals surface area contributed by atoms with E-state index in [9.17, 15) is 19.2 Å². The lowest BCUT2D eigenvalue weighted by atomic mass is 10.1. The van der Waals surface area contributed by atoms with Crippen molar-refractivity contribution in [3.8, 4) is 0 Å². The molecule has 2 aromatic carbocycles. The average Bonchev–Trinajstić information content (AvgIpc) is 3.44. The lowest BCUT2D eigenvalue weighted by Crippen LogP contribution is -2.32. The summed E-state index contributed by atoms with van der Waals surface area (Å²) in [7, 11) is 0. The molecule has 1 aromatic heterocycles. The van der Waals surface area contributed by atoms with E-state index in [1.807, 2.05) is 13.0 Å². The first kappa shape index (κ1) is 23.0. The smallest absolute Gasteiger partial charge is 0.261 e. The van der Waals surface area contributed by atoms with Gasteiger partial charge in [-0.1, -0.05) is 23.8 Å². The summed E-state index contributed by atoms with van der Waals surface area (Å²) in [5, 5.41) is 5.60. The van der Waals surface area contributed by atoms with Gasteiger partial charge < -0.3 is 15.1 Å². The molecule has 4 amide bonds. The Bertz CT molecular complexity index is 1230. The number of nitrogens with zero attached hydrogens (tertiary/aromatic N) is 1. The summed E-state index contributed by atoms with van der Waals surface area (Å²) in [6.45, 7) is 2.61. The normalized spacial score (nSPS) is 12.6. The van der Waals surface area contributed by atoms with E-state index in [1.54, 1.807) is 54.8 Å². The molecule has 0 fully saturated rings. The second kappa shape index (κ2) is 10.2. The van der Waals surface area contributed by atoms with Crippen LogP contribution in [-0.4, -0.2) is 35.1 Å². The molecule has 0 atom stereocenters. The second-order valence-electron chi connectivity index (χ2n) is 8.15. The van der Waals surface area contributed by atoms with Gasteiger partial charge >= 0.3 is 0 Å². The molecule has 0 unspecified atom stereocenters. The first-order chi connectivity index (χ1) is 16.4. The molecule has 1 aliphatic rings. The van der Waals surface area contributed by atoms with Gasteiger partial charge in [-0.15, -0.1) is 0 Å². The maximum Gasteiger partial charge on any atom is 0.261 e. The first-order valence-electron chi connectivity index (χ1n) is 11.1. The molecule has 0 saturated heterocycles. The molecule has 0 bridgehead atoms. The molecule has 2 N–H and O–H groups in total. The third-order valence-corrected chi connectivity index (χ3v) is 5.59. The molecule has 8 heteroatoms. The number of carbonyl (C=O) groups excluding carboxylic acids is 4. The van der Waals surface area contributed by atoms with Crippen molar-refractivity contribution >= 4 is 23.6 Å². The Balaban J connectivity index is 1.22. The summed E-state index contributed by atoms with van der Waals surface area (Å²) in [5.41, 5.74) is 3.02. The molecule has 0 spiro atoms. The van der Waals surface area contributed by atoms with Gasteiger partial charge in [0.05, 0.1) is 23.9 Å². The van der Waals surface area contributed by atoms with Gasteiger partial charge in [0.1, 0.15) is 5.76 Å². The van der Waals surface area contributed by atoms with E-state index >= 15 is 0 Å². The fraction of sp³-hybridized carbons (Fsp3) is 0.231. The fourth-order valence-electron chi connectivity index (χ4n) is 3.80. The number of benzene rings is 2. The van der Waals surface area contributed by atoms with Crippen molar-refractivity contribution in [2.45, 2.75) is 32.9 Å². The molecule has 2 heterocycles. The lowest BCUT2D eigenvalue weighted by Gasteiger charge is -2.13. The summed E-state index contributed by atoms with van der Waals surface area (Å²) in [6, 6.07) is 15.7. The van der Waals surface area contributed by atoms with Crippen LogP contribution in [0.2, 0.25) is 0 Å². The Morgan fingerprint density at radius 3 is 2.53 bits per heavy atom. The van der Waals surface area contributed by atoms with Gasteiger partial charge in [-0.2, -0.15) is 0 Å². The maximum absolute atomic E-state index is 12.5. The average molecular weight is 460 g/mol. The third-order valence-electron chi connectivity index (χ3n) is 5.59. The lowest BCUT2D eigenvalue weighted by molar-refractivity contribution is -0.121. The van der Waals surface area contributed by atoms with Gasteiger partial charge in [0, 0.05) is 25.1 Å². The van der Waals surface area contributed by atoms with E-state index < -0.39 is 0 Å². The predicted octanol–water partition coefficient (Wildman–Crippen LogP) is 3.21. The SMILES string of the molecule is Cc1ccc2c(c1)C(=O)N(CCCC(=O)NCc1cccc(C(=O)NCc3ccco3)c1)C2=O. The van der Waals surface area contributed by atoms with Crippen LogP contribution < -0.4 is 10.6 Å². The largest absolute Gasteiger partial charge is 0.467 e. The van der Waals surface area contributed by atoms with Gasteiger partial charge in [0.15, 0.2) is 0 Å².